The molecule has 1 aromatic heterocycles. The number of nitrogens with one attached hydrogen (secondary N) is 2. The highest BCUT2D eigenvalue weighted by Gasteiger charge is 2.31. The summed E-state index contributed by atoms with van der Waals surface area (Å²) in [5.41, 5.74) is 1.02. The highest BCUT2D eigenvalue weighted by atomic mass is 127. The second kappa shape index (κ2) is 9.47. The topological polar surface area (TPSA) is 59.1 Å². The Morgan fingerprint density at radius 3 is 2.50 bits per heavy atom. The summed E-state index contributed by atoms with van der Waals surface area (Å²) in [6, 6.07) is 12.1. The summed E-state index contributed by atoms with van der Waals surface area (Å²) >= 11 is 2.02. The zero-order valence-corrected chi connectivity index (χ0v) is 18.9. The van der Waals surface area contributed by atoms with Crippen LogP contribution in [0.5, 0.6) is 5.75 Å². The smallest absolute Gasteiger partial charge is 0.406 e. The second-order valence-electron chi connectivity index (χ2n) is 7.41. The van der Waals surface area contributed by atoms with Crippen LogP contribution in [-0.4, -0.2) is 22.4 Å². The highest BCUT2D eigenvalue weighted by Crippen LogP contribution is 2.30. The van der Waals surface area contributed by atoms with E-state index in [0.717, 1.165) is 29.3 Å². The third-order valence-corrected chi connectivity index (χ3v) is 5.64. The van der Waals surface area contributed by atoms with Crippen LogP contribution in [-0.2, 0) is 0 Å². The third kappa shape index (κ3) is 5.99. The van der Waals surface area contributed by atoms with E-state index in [9.17, 15) is 17.6 Å². The van der Waals surface area contributed by atoms with Gasteiger partial charge in [0.05, 0.1) is 11.4 Å². The number of alkyl halides is 3. The number of rotatable bonds is 6. The van der Waals surface area contributed by atoms with Gasteiger partial charge in [-0.05, 0) is 65.8 Å². The standard InChI is InChI=1S/C22H19F4IN4O/c23-17-11-14(27)8-9-18(17)29-20-12-19(30-21(31-20)28-15-5-1-2-6-15)13-4-3-7-16(10-13)32-22(24,25)26/h3-4,7-12,15H,1-2,5-6H2,(H2,28,29,30,31). The molecule has 1 heterocycles. The van der Waals surface area contributed by atoms with Crippen LogP contribution in [0.15, 0.2) is 48.5 Å². The van der Waals surface area contributed by atoms with Gasteiger partial charge in [-0.3, -0.25) is 0 Å². The first kappa shape index (κ1) is 22.6. The van der Waals surface area contributed by atoms with Crippen molar-refractivity contribution >= 4 is 40.0 Å². The molecule has 2 N–H and O–H groups in total. The summed E-state index contributed by atoms with van der Waals surface area (Å²) < 4.78 is 57.0. The Morgan fingerprint density at radius 1 is 1.00 bits per heavy atom. The molecule has 1 fully saturated rings. The van der Waals surface area contributed by atoms with Gasteiger partial charge in [-0.2, -0.15) is 4.98 Å². The van der Waals surface area contributed by atoms with Gasteiger partial charge in [0.25, 0.3) is 0 Å². The van der Waals surface area contributed by atoms with E-state index in [1.165, 1.54) is 24.3 Å². The van der Waals surface area contributed by atoms with Crippen molar-refractivity contribution in [3.8, 4) is 17.0 Å². The van der Waals surface area contributed by atoms with Gasteiger partial charge in [0.1, 0.15) is 17.4 Å². The van der Waals surface area contributed by atoms with Crippen molar-refractivity contribution in [3.05, 3.63) is 57.9 Å². The summed E-state index contributed by atoms with van der Waals surface area (Å²) in [5.74, 6) is -0.150. The summed E-state index contributed by atoms with van der Waals surface area (Å²) in [5, 5.41) is 6.23. The lowest BCUT2D eigenvalue weighted by Crippen LogP contribution is -2.17. The van der Waals surface area contributed by atoms with Crippen molar-refractivity contribution in [2.24, 2.45) is 0 Å². The molecule has 0 amide bonds. The number of benzene rings is 2. The highest BCUT2D eigenvalue weighted by molar-refractivity contribution is 14.1. The van der Waals surface area contributed by atoms with Gasteiger partial charge in [-0.25, -0.2) is 9.37 Å². The Kier molecular flexibility index (Phi) is 6.68. The van der Waals surface area contributed by atoms with Crippen molar-refractivity contribution in [2.75, 3.05) is 10.6 Å². The van der Waals surface area contributed by atoms with Gasteiger partial charge < -0.3 is 15.4 Å². The maximum Gasteiger partial charge on any atom is 0.573 e. The second-order valence-corrected chi connectivity index (χ2v) is 8.66. The van der Waals surface area contributed by atoms with Crippen LogP contribution in [0.2, 0.25) is 0 Å². The van der Waals surface area contributed by atoms with Crippen molar-refractivity contribution in [1.29, 1.82) is 0 Å². The minimum atomic E-state index is -4.80. The number of hydrogen-bond donors (Lipinski definition) is 2. The lowest BCUT2D eigenvalue weighted by molar-refractivity contribution is -0.274. The molecule has 1 aliphatic carbocycles. The van der Waals surface area contributed by atoms with Crippen LogP contribution in [0.3, 0.4) is 0 Å². The van der Waals surface area contributed by atoms with E-state index in [1.54, 1.807) is 24.3 Å². The number of ether oxygens (including phenoxy) is 1. The molecular formula is C22H19F4IN4O. The summed E-state index contributed by atoms with van der Waals surface area (Å²) in [6.45, 7) is 0. The molecule has 1 aliphatic rings. The van der Waals surface area contributed by atoms with Gasteiger partial charge in [0, 0.05) is 21.2 Å². The van der Waals surface area contributed by atoms with Gasteiger partial charge in [-0.1, -0.05) is 25.0 Å². The van der Waals surface area contributed by atoms with Crippen molar-refractivity contribution in [1.82, 2.24) is 9.97 Å². The molecule has 0 radical (unpaired) electrons. The molecule has 10 heteroatoms. The SMILES string of the molecule is Fc1cc(I)ccc1Nc1cc(-c2cccc(OC(F)(F)F)c2)nc(NC2CCCC2)n1. The van der Waals surface area contributed by atoms with E-state index in [4.69, 9.17) is 0 Å². The van der Waals surface area contributed by atoms with Gasteiger partial charge in [0.2, 0.25) is 5.95 Å². The molecule has 0 unspecified atom stereocenters. The summed E-state index contributed by atoms with van der Waals surface area (Å²) in [4.78, 5) is 8.94. The summed E-state index contributed by atoms with van der Waals surface area (Å²) in [6.07, 6.45) is -0.622. The van der Waals surface area contributed by atoms with Crippen LogP contribution in [0, 0.1) is 9.39 Å². The quantitative estimate of drug-likeness (QED) is 0.255. The molecular weight excluding hydrogens is 539 g/mol. The van der Waals surface area contributed by atoms with E-state index in [-0.39, 0.29) is 17.5 Å². The molecule has 0 saturated heterocycles. The number of halogens is 5. The number of hydrogen-bond acceptors (Lipinski definition) is 5. The van der Waals surface area contributed by atoms with Crippen LogP contribution in [0.4, 0.5) is 35.0 Å². The number of aromatic nitrogens is 2. The van der Waals surface area contributed by atoms with E-state index in [0.29, 0.717) is 23.0 Å². The predicted octanol–water partition coefficient (Wildman–Crippen LogP) is 6.88. The molecule has 0 aliphatic heterocycles. The van der Waals surface area contributed by atoms with Gasteiger partial charge >= 0.3 is 6.36 Å². The monoisotopic (exact) mass is 558 g/mol. The molecule has 4 rings (SSSR count). The Balaban J connectivity index is 1.69. The van der Waals surface area contributed by atoms with Gasteiger partial charge in [0.15, 0.2) is 0 Å². The Morgan fingerprint density at radius 2 is 1.78 bits per heavy atom. The van der Waals surface area contributed by atoms with Crippen LogP contribution in [0.1, 0.15) is 25.7 Å². The molecule has 168 valence electrons. The average molecular weight is 558 g/mol. The average Bonchev–Trinajstić information content (AvgIpc) is 3.22. The van der Waals surface area contributed by atoms with Gasteiger partial charge in [-0.15, -0.1) is 13.2 Å². The van der Waals surface area contributed by atoms with E-state index in [2.05, 4.69) is 25.3 Å². The molecule has 0 bridgehead atoms. The Labute approximate surface area is 195 Å². The first-order valence-corrected chi connectivity index (χ1v) is 11.1. The van der Waals surface area contributed by atoms with Crippen molar-refractivity contribution in [3.63, 3.8) is 0 Å². The normalized spacial score (nSPS) is 14.4. The first-order chi connectivity index (χ1) is 15.2. The lowest BCUT2D eigenvalue weighted by Gasteiger charge is -2.16. The van der Waals surface area contributed by atoms with Crippen LogP contribution < -0.4 is 15.4 Å². The largest absolute Gasteiger partial charge is 0.573 e. The van der Waals surface area contributed by atoms with Crippen molar-refractivity contribution < 1.29 is 22.3 Å². The first-order valence-electron chi connectivity index (χ1n) is 9.99. The maximum absolute atomic E-state index is 14.3. The number of anilines is 3. The molecule has 0 atom stereocenters. The minimum Gasteiger partial charge on any atom is -0.406 e. The molecule has 3 aromatic rings. The molecule has 2 aromatic carbocycles. The third-order valence-electron chi connectivity index (χ3n) is 4.97. The van der Waals surface area contributed by atoms with E-state index < -0.39 is 12.2 Å². The number of nitrogens with zero attached hydrogens (tertiary/aromatic N) is 2. The lowest BCUT2D eigenvalue weighted by atomic mass is 10.1. The fraction of sp³-hybridized carbons (Fsp3) is 0.273. The minimum absolute atomic E-state index is 0.216. The van der Waals surface area contributed by atoms with Crippen LogP contribution in [0.25, 0.3) is 11.3 Å². The zero-order valence-electron chi connectivity index (χ0n) is 16.7. The molecule has 5 nitrogen and oxygen atoms in total. The summed E-state index contributed by atoms with van der Waals surface area (Å²) in [7, 11) is 0. The predicted molar refractivity (Wildman–Crippen MR) is 122 cm³/mol. The molecule has 0 spiro atoms. The van der Waals surface area contributed by atoms with E-state index >= 15 is 0 Å². The Hall–Kier alpha value is -2.63. The van der Waals surface area contributed by atoms with E-state index in [1.807, 2.05) is 22.6 Å². The van der Waals surface area contributed by atoms with Crippen LogP contribution >= 0.6 is 22.6 Å². The Bertz CT molecular complexity index is 1100. The molecule has 1 saturated carbocycles. The zero-order chi connectivity index (χ0) is 22.7. The van der Waals surface area contributed by atoms with Crippen molar-refractivity contribution in [2.45, 2.75) is 38.1 Å². The maximum atomic E-state index is 14.3. The molecule has 32 heavy (non-hydrogen) atoms. The fourth-order valence-corrected chi connectivity index (χ4v) is 4.01. The fourth-order valence-electron chi connectivity index (χ4n) is 3.56.